The summed E-state index contributed by atoms with van der Waals surface area (Å²) in [5, 5.41) is 12.0. The highest BCUT2D eigenvalue weighted by atomic mass is 16.1. The second-order valence-electron chi connectivity index (χ2n) is 6.97. The van der Waals surface area contributed by atoms with Crippen molar-refractivity contribution < 1.29 is 4.79 Å². The summed E-state index contributed by atoms with van der Waals surface area (Å²) in [6.45, 7) is 4.89. The van der Waals surface area contributed by atoms with Crippen molar-refractivity contribution in [1.82, 2.24) is 34.8 Å². The molecule has 3 heterocycles. The van der Waals surface area contributed by atoms with E-state index in [0.29, 0.717) is 24.6 Å². The van der Waals surface area contributed by atoms with Crippen LogP contribution in [0.1, 0.15) is 46.2 Å². The molecule has 140 valence electrons. The summed E-state index contributed by atoms with van der Waals surface area (Å²) in [7, 11) is 1.85. The van der Waals surface area contributed by atoms with Crippen LogP contribution in [-0.2, 0) is 13.6 Å². The van der Waals surface area contributed by atoms with Crippen molar-refractivity contribution in [2.45, 2.75) is 39.2 Å². The van der Waals surface area contributed by atoms with E-state index in [1.54, 1.807) is 23.3 Å². The molecule has 1 saturated carbocycles. The van der Waals surface area contributed by atoms with Crippen LogP contribution < -0.4 is 5.32 Å². The van der Waals surface area contributed by atoms with E-state index in [-0.39, 0.29) is 5.91 Å². The van der Waals surface area contributed by atoms with E-state index in [9.17, 15) is 4.79 Å². The number of nitrogens with one attached hydrogen (secondary N) is 1. The monoisotopic (exact) mass is 365 g/mol. The van der Waals surface area contributed by atoms with Crippen LogP contribution in [0.5, 0.6) is 0 Å². The van der Waals surface area contributed by atoms with E-state index in [2.05, 4.69) is 26.4 Å². The predicted octanol–water partition coefficient (Wildman–Crippen LogP) is 2.00. The molecule has 8 heteroatoms. The first-order valence-corrected chi connectivity index (χ1v) is 9.17. The first-order valence-electron chi connectivity index (χ1n) is 9.17. The molecule has 1 N–H and O–H groups in total. The van der Waals surface area contributed by atoms with Gasteiger partial charge in [0.05, 0.1) is 24.0 Å². The van der Waals surface area contributed by atoms with Crippen LogP contribution in [0.25, 0.3) is 11.4 Å². The fourth-order valence-electron chi connectivity index (χ4n) is 3.34. The molecular weight excluding hydrogens is 342 g/mol. The van der Waals surface area contributed by atoms with Gasteiger partial charge in [0.2, 0.25) is 0 Å². The standard InChI is InChI=1S/C19H23N7O/c1-12-18(13(2)25(3)23-12)19(27)22-8-9-26-17(14-4-5-14)10-15(24-26)16-11-20-6-7-21-16/h6-7,10-11,14H,4-5,8-9H2,1-3H3,(H,22,27). The number of carbonyl (C=O) groups excluding carboxylic acids is 1. The van der Waals surface area contributed by atoms with Gasteiger partial charge in [-0.2, -0.15) is 10.2 Å². The molecule has 0 unspecified atom stereocenters. The molecule has 0 spiro atoms. The van der Waals surface area contributed by atoms with Gasteiger partial charge in [-0.05, 0) is 32.8 Å². The van der Waals surface area contributed by atoms with Gasteiger partial charge in [0.15, 0.2) is 0 Å². The Kier molecular flexibility index (Phi) is 4.47. The molecule has 0 radical (unpaired) electrons. The van der Waals surface area contributed by atoms with Crippen molar-refractivity contribution in [2.24, 2.45) is 7.05 Å². The molecule has 1 fully saturated rings. The minimum Gasteiger partial charge on any atom is -0.350 e. The minimum absolute atomic E-state index is 0.0904. The first-order chi connectivity index (χ1) is 13.0. The number of aromatic nitrogens is 6. The summed E-state index contributed by atoms with van der Waals surface area (Å²) >= 11 is 0. The molecule has 1 aliphatic carbocycles. The lowest BCUT2D eigenvalue weighted by Gasteiger charge is -2.08. The summed E-state index contributed by atoms with van der Waals surface area (Å²) in [5.41, 5.74) is 5.07. The SMILES string of the molecule is Cc1nn(C)c(C)c1C(=O)NCCn1nc(-c2cnccn2)cc1C1CC1. The van der Waals surface area contributed by atoms with Crippen LogP contribution in [-0.4, -0.2) is 42.0 Å². The smallest absolute Gasteiger partial charge is 0.255 e. The van der Waals surface area contributed by atoms with E-state index >= 15 is 0 Å². The number of nitrogens with zero attached hydrogens (tertiary/aromatic N) is 6. The Morgan fingerprint density at radius 2 is 2.04 bits per heavy atom. The van der Waals surface area contributed by atoms with Crippen molar-refractivity contribution >= 4 is 5.91 Å². The molecule has 0 aliphatic heterocycles. The fraction of sp³-hybridized carbons (Fsp3) is 0.421. The van der Waals surface area contributed by atoms with Crippen molar-refractivity contribution in [2.75, 3.05) is 6.54 Å². The maximum Gasteiger partial charge on any atom is 0.255 e. The Morgan fingerprint density at radius 3 is 2.67 bits per heavy atom. The second kappa shape index (κ2) is 6.94. The molecule has 3 aromatic heterocycles. The first kappa shape index (κ1) is 17.4. The Labute approximate surface area is 157 Å². The van der Waals surface area contributed by atoms with E-state index in [1.807, 2.05) is 25.6 Å². The predicted molar refractivity (Wildman–Crippen MR) is 100 cm³/mol. The van der Waals surface area contributed by atoms with Crippen molar-refractivity contribution in [1.29, 1.82) is 0 Å². The van der Waals surface area contributed by atoms with Crippen molar-refractivity contribution in [3.63, 3.8) is 0 Å². The summed E-state index contributed by atoms with van der Waals surface area (Å²) in [6, 6.07) is 2.10. The normalized spacial score (nSPS) is 13.7. The number of aryl methyl sites for hydroxylation is 2. The third-order valence-electron chi connectivity index (χ3n) is 4.98. The molecular formula is C19H23N7O. The lowest BCUT2D eigenvalue weighted by atomic mass is 10.2. The van der Waals surface area contributed by atoms with Gasteiger partial charge in [-0.1, -0.05) is 0 Å². The summed E-state index contributed by atoms with van der Waals surface area (Å²) in [6.07, 6.45) is 7.42. The van der Waals surface area contributed by atoms with Crippen molar-refractivity contribution in [3.8, 4) is 11.4 Å². The molecule has 3 aromatic rings. The van der Waals surface area contributed by atoms with E-state index in [1.165, 1.54) is 18.5 Å². The maximum atomic E-state index is 12.5. The van der Waals surface area contributed by atoms with Gasteiger partial charge < -0.3 is 5.32 Å². The van der Waals surface area contributed by atoms with Crippen LogP contribution >= 0.6 is 0 Å². The van der Waals surface area contributed by atoms with Crippen LogP contribution in [0.4, 0.5) is 0 Å². The summed E-state index contributed by atoms with van der Waals surface area (Å²) < 4.78 is 3.72. The number of hydrogen-bond acceptors (Lipinski definition) is 5. The summed E-state index contributed by atoms with van der Waals surface area (Å²) in [5.74, 6) is 0.466. The molecule has 1 aliphatic rings. The fourth-order valence-corrected chi connectivity index (χ4v) is 3.34. The number of rotatable bonds is 6. The number of amides is 1. The van der Waals surface area contributed by atoms with Gasteiger partial charge in [-0.15, -0.1) is 0 Å². The molecule has 0 aromatic carbocycles. The molecule has 8 nitrogen and oxygen atoms in total. The highest BCUT2D eigenvalue weighted by Crippen LogP contribution is 2.41. The van der Waals surface area contributed by atoms with Gasteiger partial charge in [-0.25, -0.2) is 0 Å². The molecule has 0 atom stereocenters. The molecule has 4 rings (SSSR count). The minimum atomic E-state index is -0.0904. The molecule has 0 saturated heterocycles. The largest absolute Gasteiger partial charge is 0.350 e. The topological polar surface area (TPSA) is 90.5 Å². The van der Waals surface area contributed by atoms with E-state index in [4.69, 9.17) is 5.10 Å². The van der Waals surface area contributed by atoms with Gasteiger partial charge in [0, 0.05) is 43.3 Å². The molecule has 0 bridgehead atoms. The zero-order chi connectivity index (χ0) is 19.0. The Balaban J connectivity index is 1.46. The highest BCUT2D eigenvalue weighted by molar-refractivity contribution is 5.96. The average Bonchev–Trinajstić information content (AvgIpc) is 3.36. The Bertz CT molecular complexity index is 970. The Hall–Kier alpha value is -3.03. The van der Waals surface area contributed by atoms with Crippen LogP contribution in [0.2, 0.25) is 0 Å². The van der Waals surface area contributed by atoms with Gasteiger partial charge >= 0.3 is 0 Å². The van der Waals surface area contributed by atoms with Crippen molar-refractivity contribution in [3.05, 3.63) is 47.3 Å². The third kappa shape index (κ3) is 3.47. The quantitative estimate of drug-likeness (QED) is 0.721. The van der Waals surface area contributed by atoms with Gasteiger partial charge in [0.25, 0.3) is 5.91 Å². The van der Waals surface area contributed by atoms with Crippen LogP contribution in [0.3, 0.4) is 0 Å². The second-order valence-corrected chi connectivity index (χ2v) is 6.97. The lowest BCUT2D eigenvalue weighted by molar-refractivity contribution is 0.0950. The number of hydrogen-bond donors (Lipinski definition) is 1. The number of carbonyl (C=O) groups is 1. The van der Waals surface area contributed by atoms with Gasteiger partial charge in [-0.3, -0.25) is 24.1 Å². The Morgan fingerprint density at radius 1 is 1.22 bits per heavy atom. The lowest BCUT2D eigenvalue weighted by Crippen LogP contribution is -2.28. The third-order valence-corrected chi connectivity index (χ3v) is 4.98. The maximum absolute atomic E-state index is 12.5. The van der Waals surface area contributed by atoms with E-state index in [0.717, 1.165) is 22.8 Å². The summed E-state index contributed by atoms with van der Waals surface area (Å²) in [4.78, 5) is 21.0. The average molecular weight is 365 g/mol. The van der Waals surface area contributed by atoms with Crippen LogP contribution in [0.15, 0.2) is 24.7 Å². The van der Waals surface area contributed by atoms with E-state index < -0.39 is 0 Å². The van der Waals surface area contributed by atoms with Crippen LogP contribution in [0, 0.1) is 13.8 Å². The molecule has 27 heavy (non-hydrogen) atoms. The zero-order valence-electron chi connectivity index (χ0n) is 15.8. The zero-order valence-corrected chi connectivity index (χ0v) is 15.8. The molecule has 1 amide bonds. The van der Waals surface area contributed by atoms with Gasteiger partial charge in [0.1, 0.15) is 11.4 Å². The highest BCUT2D eigenvalue weighted by Gasteiger charge is 2.28.